The lowest BCUT2D eigenvalue weighted by Crippen LogP contribution is -2.04. The zero-order chi connectivity index (χ0) is 27.4. The molecule has 192 valence electrons. The number of carbonyl (C=O) groups is 3. The Morgan fingerprint density at radius 3 is 1.42 bits per heavy atom. The van der Waals surface area contributed by atoms with Crippen LogP contribution in [-0.4, -0.2) is 54.6 Å². The SMILES string of the molecule is COC(=O)c1cc(I)ccc1OC.COc1ccc(I)cc1C(=O)O.O=C(O)c1cc(I)ccc1O. The van der Waals surface area contributed by atoms with Crippen molar-refractivity contribution in [1.82, 2.24) is 0 Å². The Kier molecular flexibility index (Phi) is 13.8. The number of carbonyl (C=O) groups excluding carboxylic acids is 1. The van der Waals surface area contributed by atoms with Gasteiger partial charge in [0.25, 0.3) is 0 Å². The quantitative estimate of drug-likeness (QED) is 0.216. The Morgan fingerprint density at radius 2 is 1.03 bits per heavy atom. The van der Waals surface area contributed by atoms with Crippen LogP contribution in [0.5, 0.6) is 17.2 Å². The number of aromatic hydroxyl groups is 1. The van der Waals surface area contributed by atoms with Crippen molar-refractivity contribution in [2.24, 2.45) is 0 Å². The largest absolute Gasteiger partial charge is 0.507 e. The number of halogens is 3. The molecule has 0 saturated carbocycles. The van der Waals surface area contributed by atoms with Crippen LogP contribution in [-0.2, 0) is 4.74 Å². The van der Waals surface area contributed by atoms with Crippen molar-refractivity contribution in [3.05, 3.63) is 82.0 Å². The minimum atomic E-state index is -1.11. The predicted molar refractivity (Wildman–Crippen MR) is 158 cm³/mol. The second kappa shape index (κ2) is 15.7. The highest BCUT2D eigenvalue weighted by molar-refractivity contribution is 14.1. The van der Waals surface area contributed by atoms with Crippen LogP contribution in [0.15, 0.2) is 54.6 Å². The van der Waals surface area contributed by atoms with Crippen molar-refractivity contribution in [2.75, 3.05) is 21.3 Å². The highest BCUT2D eigenvalue weighted by Gasteiger charge is 2.12. The monoisotopic (exact) mass is 834 g/mol. The molecule has 3 rings (SSSR count). The molecule has 0 heterocycles. The number of rotatable bonds is 5. The summed E-state index contributed by atoms with van der Waals surface area (Å²) in [6, 6.07) is 14.8. The third kappa shape index (κ3) is 9.96. The zero-order valence-electron chi connectivity index (χ0n) is 19.1. The lowest BCUT2D eigenvalue weighted by atomic mass is 10.2. The van der Waals surface area contributed by atoms with E-state index in [0.717, 1.165) is 10.7 Å². The van der Waals surface area contributed by atoms with E-state index in [1.54, 1.807) is 36.4 Å². The number of esters is 1. The molecular formula is C24H21I3O9. The summed E-state index contributed by atoms with van der Waals surface area (Å²) in [5, 5.41) is 26.3. The molecule has 0 amide bonds. The van der Waals surface area contributed by atoms with Gasteiger partial charge in [0, 0.05) is 10.7 Å². The number of hydrogen-bond acceptors (Lipinski definition) is 7. The Bertz CT molecular complexity index is 1230. The van der Waals surface area contributed by atoms with Crippen molar-refractivity contribution < 1.29 is 43.9 Å². The number of carboxylic acids is 2. The van der Waals surface area contributed by atoms with Crippen LogP contribution in [0.4, 0.5) is 0 Å². The average molecular weight is 834 g/mol. The number of methoxy groups -OCH3 is 3. The summed E-state index contributed by atoms with van der Waals surface area (Å²) in [6.45, 7) is 0. The Labute approximate surface area is 248 Å². The minimum Gasteiger partial charge on any atom is -0.507 e. The van der Waals surface area contributed by atoms with E-state index < -0.39 is 11.9 Å². The molecule has 0 bridgehead atoms. The maximum absolute atomic E-state index is 11.2. The summed E-state index contributed by atoms with van der Waals surface area (Å²) in [5.41, 5.74) is 0.596. The van der Waals surface area contributed by atoms with Crippen LogP contribution in [0.25, 0.3) is 0 Å². The molecule has 12 heteroatoms. The molecule has 0 fully saturated rings. The van der Waals surface area contributed by atoms with Crippen molar-refractivity contribution in [3.63, 3.8) is 0 Å². The first-order valence-electron chi connectivity index (χ1n) is 9.65. The third-order valence-corrected chi connectivity index (χ3v) is 6.16. The molecule has 9 nitrogen and oxygen atoms in total. The second-order valence-corrected chi connectivity index (χ2v) is 10.2. The van der Waals surface area contributed by atoms with Crippen molar-refractivity contribution in [3.8, 4) is 17.2 Å². The average Bonchev–Trinajstić information content (AvgIpc) is 2.85. The summed E-state index contributed by atoms with van der Waals surface area (Å²) in [4.78, 5) is 32.3. The van der Waals surface area contributed by atoms with E-state index in [0.29, 0.717) is 17.1 Å². The van der Waals surface area contributed by atoms with Gasteiger partial charge in [0.15, 0.2) is 0 Å². The van der Waals surface area contributed by atoms with Crippen LogP contribution >= 0.6 is 67.8 Å². The molecular weight excluding hydrogens is 813 g/mol. The summed E-state index contributed by atoms with van der Waals surface area (Å²) < 4.78 is 17.1. The van der Waals surface area contributed by atoms with Gasteiger partial charge in [0.1, 0.15) is 33.9 Å². The van der Waals surface area contributed by atoms with E-state index in [4.69, 9.17) is 24.8 Å². The van der Waals surface area contributed by atoms with E-state index in [-0.39, 0.29) is 22.8 Å². The third-order valence-electron chi connectivity index (χ3n) is 4.15. The van der Waals surface area contributed by atoms with Crippen LogP contribution in [0, 0.1) is 10.7 Å². The molecule has 3 aromatic carbocycles. The normalized spacial score (nSPS) is 9.50. The van der Waals surface area contributed by atoms with Crippen LogP contribution < -0.4 is 9.47 Å². The van der Waals surface area contributed by atoms with Gasteiger partial charge in [0.05, 0.1) is 21.3 Å². The lowest BCUT2D eigenvalue weighted by Gasteiger charge is -2.06. The standard InChI is InChI=1S/C9H9IO3.C8H7IO3.C7H5IO3/c1-12-8-4-3-6(10)5-7(8)9(11)13-2;1-12-7-3-2-5(9)4-6(7)8(10)11;8-4-1-2-6(9)5(3-4)7(10)11/h3-5H,1-2H3;2-4H,1H3,(H,10,11);1-3,9H,(H,10,11). The number of carboxylic acid groups (broad SMARTS) is 2. The molecule has 0 atom stereocenters. The first kappa shape index (κ1) is 31.7. The lowest BCUT2D eigenvalue weighted by molar-refractivity contribution is 0.0595. The molecule has 0 radical (unpaired) electrons. The van der Waals surface area contributed by atoms with Gasteiger partial charge in [-0.25, -0.2) is 14.4 Å². The fraction of sp³-hybridized carbons (Fsp3) is 0.125. The number of hydrogen-bond donors (Lipinski definition) is 3. The molecule has 0 aliphatic carbocycles. The summed E-state index contributed by atoms with van der Waals surface area (Å²) in [5.74, 6) is -1.73. The predicted octanol–water partition coefficient (Wildman–Crippen LogP) is 5.78. The van der Waals surface area contributed by atoms with E-state index in [2.05, 4.69) is 49.9 Å². The van der Waals surface area contributed by atoms with Gasteiger partial charge in [-0.2, -0.15) is 0 Å². The van der Waals surface area contributed by atoms with Crippen molar-refractivity contribution in [1.29, 1.82) is 0 Å². The molecule has 0 saturated heterocycles. The first-order valence-corrected chi connectivity index (χ1v) is 12.9. The van der Waals surface area contributed by atoms with Gasteiger partial charge >= 0.3 is 17.9 Å². The Balaban J connectivity index is 0.000000271. The molecule has 0 unspecified atom stereocenters. The Morgan fingerprint density at radius 1 is 0.639 bits per heavy atom. The number of aromatic carboxylic acids is 2. The number of ether oxygens (including phenoxy) is 3. The van der Waals surface area contributed by atoms with Crippen LogP contribution in [0.3, 0.4) is 0 Å². The molecule has 36 heavy (non-hydrogen) atoms. The highest BCUT2D eigenvalue weighted by atomic mass is 127. The topological polar surface area (TPSA) is 140 Å². The van der Waals surface area contributed by atoms with E-state index >= 15 is 0 Å². The smallest absolute Gasteiger partial charge is 0.341 e. The first-order chi connectivity index (χ1) is 16.9. The maximum atomic E-state index is 11.2. The molecule has 3 N–H and O–H groups in total. The summed E-state index contributed by atoms with van der Waals surface area (Å²) >= 11 is 6.16. The molecule has 3 aromatic rings. The van der Waals surface area contributed by atoms with Crippen LogP contribution in [0.2, 0.25) is 0 Å². The van der Waals surface area contributed by atoms with Crippen LogP contribution in [0.1, 0.15) is 31.1 Å². The highest BCUT2D eigenvalue weighted by Crippen LogP contribution is 2.22. The van der Waals surface area contributed by atoms with E-state index in [1.165, 1.54) is 33.5 Å². The number of benzene rings is 3. The Hall–Kier alpha value is -2.34. The van der Waals surface area contributed by atoms with Gasteiger partial charge in [0.2, 0.25) is 0 Å². The fourth-order valence-corrected chi connectivity index (χ4v) is 3.95. The van der Waals surface area contributed by atoms with E-state index in [9.17, 15) is 14.4 Å². The molecule has 0 aliphatic heterocycles. The molecule has 0 aromatic heterocycles. The second-order valence-electron chi connectivity index (χ2n) is 6.45. The van der Waals surface area contributed by atoms with Gasteiger partial charge in [-0.05, 0) is 122 Å². The van der Waals surface area contributed by atoms with Gasteiger partial charge in [-0.15, -0.1) is 0 Å². The van der Waals surface area contributed by atoms with Gasteiger partial charge in [-0.1, -0.05) is 0 Å². The summed E-state index contributed by atoms with van der Waals surface area (Å²) in [7, 11) is 4.32. The summed E-state index contributed by atoms with van der Waals surface area (Å²) in [6.07, 6.45) is 0. The molecule has 0 spiro atoms. The maximum Gasteiger partial charge on any atom is 0.341 e. The molecule has 0 aliphatic rings. The van der Waals surface area contributed by atoms with Gasteiger partial charge in [-0.3, -0.25) is 0 Å². The number of phenols is 1. The minimum absolute atomic E-state index is 0.0584. The zero-order valence-corrected chi connectivity index (χ0v) is 25.6. The fourth-order valence-electron chi connectivity index (χ4n) is 2.48. The van der Waals surface area contributed by atoms with E-state index in [1.807, 2.05) is 28.7 Å². The van der Waals surface area contributed by atoms with Gasteiger partial charge < -0.3 is 29.5 Å². The van der Waals surface area contributed by atoms with Crippen molar-refractivity contribution in [2.45, 2.75) is 0 Å². The van der Waals surface area contributed by atoms with Crippen molar-refractivity contribution >= 4 is 85.7 Å².